The predicted molar refractivity (Wildman–Crippen MR) is 70.9 cm³/mol. The summed E-state index contributed by atoms with van der Waals surface area (Å²) in [7, 11) is 0. The van der Waals surface area contributed by atoms with Gasteiger partial charge in [-0.1, -0.05) is 6.58 Å². The van der Waals surface area contributed by atoms with Gasteiger partial charge in [-0.3, -0.25) is 4.79 Å². The highest BCUT2D eigenvalue weighted by atomic mass is 16.7. The number of carbonyl (C=O) groups is 2. The highest BCUT2D eigenvalue weighted by Crippen LogP contribution is 2.28. The molecule has 6 heteroatoms. The molecule has 6 nitrogen and oxygen atoms in total. The first kappa shape index (κ1) is 16.7. The van der Waals surface area contributed by atoms with Gasteiger partial charge in [0.05, 0.1) is 19.6 Å². The van der Waals surface area contributed by atoms with E-state index in [2.05, 4.69) is 6.58 Å². The Bertz CT molecular complexity index is 378. The third kappa shape index (κ3) is 5.30. The Kier molecular flexibility index (Phi) is 6.16. The quantitative estimate of drug-likeness (QED) is 0.523. The van der Waals surface area contributed by atoms with Gasteiger partial charge in [-0.2, -0.15) is 0 Å². The van der Waals surface area contributed by atoms with Crippen molar-refractivity contribution in [3.8, 4) is 0 Å². The minimum Gasteiger partial charge on any atom is -0.466 e. The molecule has 1 aliphatic rings. The van der Waals surface area contributed by atoms with E-state index in [1.807, 2.05) is 0 Å². The summed E-state index contributed by atoms with van der Waals surface area (Å²) in [4.78, 5) is 22.6. The molecule has 114 valence electrons. The van der Waals surface area contributed by atoms with Crippen molar-refractivity contribution in [2.45, 2.75) is 45.5 Å². The standard InChI is InChI=1S/C14H22O6/c1-5-17-12(15)6-7-14(4)19-9-11(20-14)8-18-13(16)10(2)3/h11H,2,5-9H2,1,3-4H3. The van der Waals surface area contributed by atoms with E-state index in [0.717, 1.165) is 0 Å². The van der Waals surface area contributed by atoms with Crippen molar-refractivity contribution in [3.05, 3.63) is 12.2 Å². The second kappa shape index (κ2) is 7.40. The van der Waals surface area contributed by atoms with Crippen LogP contribution in [0.4, 0.5) is 0 Å². The summed E-state index contributed by atoms with van der Waals surface area (Å²) in [6, 6.07) is 0. The minimum absolute atomic E-state index is 0.112. The molecule has 0 spiro atoms. The van der Waals surface area contributed by atoms with Crippen LogP contribution in [0.1, 0.15) is 33.6 Å². The topological polar surface area (TPSA) is 71.1 Å². The van der Waals surface area contributed by atoms with Crippen LogP contribution in [0.2, 0.25) is 0 Å². The van der Waals surface area contributed by atoms with Crippen molar-refractivity contribution in [1.29, 1.82) is 0 Å². The third-order valence-electron chi connectivity index (χ3n) is 2.83. The van der Waals surface area contributed by atoms with E-state index in [1.54, 1.807) is 20.8 Å². The van der Waals surface area contributed by atoms with Crippen LogP contribution in [0.15, 0.2) is 12.2 Å². The molecule has 1 saturated heterocycles. The normalized spacial score (nSPS) is 25.2. The molecular weight excluding hydrogens is 264 g/mol. The number of hydrogen-bond acceptors (Lipinski definition) is 6. The minimum atomic E-state index is -0.840. The van der Waals surface area contributed by atoms with Gasteiger partial charge < -0.3 is 18.9 Å². The van der Waals surface area contributed by atoms with Crippen molar-refractivity contribution in [2.24, 2.45) is 0 Å². The number of esters is 2. The molecule has 20 heavy (non-hydrogen) atoms. The van der Waals surface area contributed by atoms with Gasteiger partial charge >= 0.3 is 11.9 Å². The summed E-state index contributed by atoms with van der Waals surface area (Å²) in [5, 5.41) is 0. The predicted octanol–water partition coefficient (Wildman–Crippen LogP) is 1.58. The van der Waals surface area contributed by atoms with Crippen LogP contribution < -0.4 is 0 Å². The van der Waals surface area contributed by atoms with Gasteiger partial charge in [0.25, 0.3) is 0 Å². The largest absolute Gasteiger partial charge is 0.466 e. The Labute approximate surface area is 119 Å². The lowest BCUT2D eigenvalue weighted by atomic mass is 10.2. The second-order valence-electron chi connectivity index (χ2n) is 4.87. The van der Waals surface area contributed by atoms with Crippen LogP contribution in [0, 0.1) is 0 Å². The van der Waals surface area contributed by atoms with Gasteiger partial charge in [-0.05, 0) is 20.8 Å². The molecule has 1 heterocycles. The third-order valence-corrected chi connectivity index (χ3v) is 2.83. The first-order valence-corrected chi connectivity index (χ1v) is 6.66. The molecule has 0 amide bonds. The van der Waals surface area contributed by atoms with E-state index >= 15 is 0 Å². The summed E-state index contributed by atoms with van der Waals surface area (Å²) in [6.45, 7) is 9.39. The Morgan fingerprint density at radius 1 is 1.40 bits per heavy atom. The summed E-state index contributed by atoms with van der Waals surface area (Å²) >= 11 is 0. The number of rotatable bonds is 7. The van der Waals surface area contributed by atoms with E-state index in [-0.39, 0.29) is 25.1 Å². The van der Waals surface area contributed by atoms with Crippen LogP contribution in [-0.2, 0) is 28.5 Å². The van der Waals surface area contributed by atoms with Crippen LogP contribution in [0.5, 0.6) is 0 Å². The molecule has 1 fully saturated rings. The fourth-order valence-electron chi connectivity index (χ4n) is 1.76. The van der Waals surface area contributed by atoms with Gasteiger partial charge in [-0.25, -0.2) is 4.79 Å². The Hall–Kier alpha value is -1.40. The lowest BCUT2D eigenvalue weighted by Crippen LogP contribution is -2.29. The maximum atomic E-state index is 11.3. The number of hydrogen-bond donors (Lipinski definition) is 0. The summed E-state index contributed by atoms with van der Waals surface area (Å²) in [5.41, 5.74) is 0.342. The summed E-state index contributed by atoms with van der Waals surface area (Å²) in [6.07, 6.45) is 0.296. The van der Waals surface area contributed by atoms with Crippen LogP contribution in [-0.4, -0.2) is 43.7 Å². The molecule has 0 aromatic heterocycles. The second-order valence-corrected chi connectivity index (χ2v) is 4.87. The molecule has 1 rings (SSSR count). The van der Waals surface area contributed by atoms with Crippen LogP contribution >= 0.6 is 0 Å². The van der Waals surface area contributed by atoms with E-state index in [1.165, 1.54) is 0 Å². The Morgan fingerprint density at radius 2 is 2.10 bits per heavy atom. The molecule has 0 saturated carbocycles. The first-order valence-electron chi connectivity index (χ1n) is 6.66. The Morgan fingerprint density at radius 3 is 2.70 bits per heavy atom. The van der Waals surface area contributed by atoms with Gasteiger partial charge in [0.15, 0.2) is 5.79 Å². The van der Waals surface area contributed by atoms with E-state index in [0.29, 0.717) is 25.2 Å². The average Bonchev–Trinajstić information content (AvgIpc) is 2.76. The average molecular weight is 286 g/mol. The molecule has 1 aliphatic heterocycles. The molecule has 0 aliphatic carbocycles. The molecule has 0 radical (unpaired) electrons. The van der Waals surface area contributed by atoms with Gasteiger partial charge in [0.1, 0.15) is 12.7 Å². The number of carbonyl (C=O) groups excluding carboxylic acids is 2. The zero-order valence-electron chi connectivity index (χ0n) is 12.3. The maximum absolute atomic E-state index is 11.3. The molecule has 2 unspecified atom stereocenters. The molecule has 0 N–H and O–H groups in total. The van der Waals surface area contributed by atoms with Crippen molar-refractivity contribution in [1.82, 2.24) is 0 Å². The van der Waals surface area contributed by atoms with Crippen molar-refractivity contribution < 1.29 is 28.5 Å². The van der Waals surface area contributed by atoms with Crippen molar-refractivity contribution in [2.75, 3.05) is 19.8 Å². The highest BCUT2D eigenvalue weighted by Gasteiger charge is 2.38. The highest BCUT2D eigenvalue weighted by molar-refractivity contribution is 5.86. The van der Waals surface area contributed by atoms with E-state index < -0.39 is 11.8 Å². The van der Waals surface area contributed by atoms with E-state index in [9.17, 15) is 9.59 Å². The smallest absolute Gasteiger partial charge is 0.333 e. The molecule has 0 bridgehead atoms. The Balaban J connectivity index is 2.32. The monoisotopic (exact) mass is 286 g/mol. The lowest BCUT2D eigenvalue weighted by molar-refractivity contribution is -0.173. The zero-order valence-corrected chi connectivity index (χ0v) is 12.3. The molecule has 0 aromatic rings. The fraction of sp³-hybridized carbons (Fsp3) is 0.714. The number of ether oxygens (including phenoxy) is 4. The molecule has 0 aromatic carbocycles. The maximum Gasteiger partial charge on any atom is 0.333 e. The summed E-state index contributed by atoms with van der Waals surface area (Å²) < 4.78 is 21.1. The van der Waals surface area contributed by atoms with Crippen LogP contribution in [0.3, 0.4) is 0 Å². The van der Waals surface area contributed by atoms with E-state index in [4.69, 9.17) is 18.9 Å². The fourth-order valence-corrected chi connectivity index (χ4v) is 1.76. The lowest BCUT2D eigenvalue weighted by Gasteiger charge is -2.22. The first-order chi connectivity index (χ1) is 9.36. The van der Waals surface area contributed by atoms with Gasteiger partial charge in [0.2, 0.25) is 0 Å². The van der Waals surface area contributed by atoms with Gasteiger partial charge in [0, 0.05) is 12.0 Å². The van der Waals surface area contributed by atoms with Crippen molar-refractivity contribution >= 4 is 11.9 Å². The zero-order chi connectivity index (χ0) is 15.2. The SMILES string of the molecule is C=C(C)C(=O)OCC1COC(C)(CCC(=O)OCC)O1. The summed E-state index contributed by atoms with van der Waals surface area (Å²) in [5.74, 6) is -1.57. The molecular formula is C14H22O6. The molecule has 2 atom stereocenters. The van der Waals surface area contributed by atoms with Crippen molar-refractivity contribution in [3.63, 3.8) is 0 Å². The van der Waals surface area contributed by atoms with Gasteiger partial charge in [-0.15, -0.1) is 0 Å². The van der Waals surface area contributed by atoms with Crippen LogP contribution in [0.25, 0.3) is 0 Å².